The molecule has 16 nitrogen and oxygen atoms in total. The van der Waals surface area contributed by atoms with E-state index in [0.717, 1.165) is 0 Å². The Morgan fingerprint density at radius 3 is 2.35 bits per heavy atom. The Morgan fingerprint density at radius 1 is 0.978 bits per heavy atom. The van der Waals surface area contributed by atoms with Gasteiger partial charge in [0.2, 0.25) is 12.5 Å². The van der Waals surface area contributed by atoms with Gasteiger partial charge in [0.25, 0.3) is 0 Å². The van der Waals surface area contributed by atoms with Crippen molar-refractivity contribution in [2.24, 2.45) is 11.8 Å². The van der Waals surface area contributed by atoms with Gasteiger partial charge in [0.1, 0.15) is 24.4 Å². The number of phosphoric acid groups is 1. The Hall–Kier alpha value is -3.18. The third-order valence-electron chi connectivity index (χ3n) is 7.97. The first-order valence-electron chi connectivity index (χ1n) is 19.1. The predicted molar refractivity (Wildman–Crippen MR) is 149 cm³/mol. The minimum Gasteiger partial charge on any atom is -0.493 e. The molecule has 1 aliphatic carbocycles. The molecule has 2 aromatic carbocycles. The molecular formula is C29H33O16P. The molecule has 4 aliphatic heterocycles. The lowest BCUT2D eigenvalue weighted by molar-refractivity contribution is -0.364. The number of phosphoric ester groups is 1. The average Bonchev–Trinajstić information content (AvgIpc) is 3.60. The normalized spacial score (nSPS) is 42.5. The van der Waals surface area contributed by atoms with Crippen molar-refractivity contribution < 1.29 is 91.6 Å². The number of benzene rings is 2. The highest BCUT2D eigenvalue weighted by atomic mass is 31.2. The fourth-order valence-electron chi connectivity index (χ4n) is 6.06. The van der Waals surface area contributed by atoms with Crippen LogP contribution < -0.4 is 23.5 Å². The van der Waals surface area contributed by atoms with Gasteiger partial charge in [-0.15, -0.1) is 0 Å². The van der Waals surface area contributed by atoms with E-state index < -0.39 is 125 Å². The Balaban J connectivity index is 1.44. The molecular weight excluding hydrogens is 635 g/mol. The molecule has 17 heteroatoms. The molecule has 4 heterocycles. The summed E-state index contributed by atoms with van der Waals surface area (Å²) >= 11 is 0. The minimum atomic E-state index is -5.63. The van der Waals surface area contributed by atoms with Gasteiger partial charge in [-0.2, -0.15) is 0 Å². The van der Waals surface area contributed by atoms with Crippen molar-refractivity contribution in [1.29, 1.82) is 0 Å². The highest BCUT2D eigenvalue weighted by molar-refractivity contribution is 7.46. The van der Waals surface area contributed by atoms with E-state index in [9.17, 15) is 30.7 Å². The summed E-state index contributed by atoms with van der Waals surface area (Å²) in [6.45, 7) is -4.69. The zero-order valence-electron chi connectivity index (χ0n) is 34.3. The monoisotopic (exact) mass is 679 g/mol. The number of aliphatic hydroxyl groups excluding tert-OH is 2. The zero-order valence-corrected chi connectivity index (χ0v) is 24.2. The van der Waals surface area contributed by atoms with Crippen molar-refractivity contribution in [3.63, 3.8) is 0 Å². The molecule has 3 saturated heterocycles. The Morgan fingerprint density at radius 2 is 1.67 bits per heavy atom. The highest BCUT2D eigenvalue weighted by Crippen LogP contribution is 2.57. The standard InChI is InChI=1S/C29H33O16P/c1-11-38-9-20-27(42-11)23(30)24(31)29(43-20)44-25-14-7-17-16(40-10-41-17)6-13(14)21(22-15(25)8-39-28(22)32)12-4-18(36-2)26(19(5-12)37-3)45-46(33,34)35/h4-7,11,15,20-25,27,29-31H,8-10H2,1-3H3,(H2,33,34,35)/t11-,15+,20-,21-,22+,23-,24-,25-,27-,29+/m1/s1/i2D3,3D3,8D2,9D2,21D. The summed E-state index contributed by atoms with van der Waals surface area (Å²) in [5.74, 6) is -11.6. The second kappa shape index (κ2) is 11.8. The van der Waals surface area contributed by atoms with E-state index in [1.54, 1.807) is 0 Å². The maximum absolute atomic E-state index is 13.9. The van der Waals surface area contributed by atoms with Crippen molar-refractivity contribution in [2.75, 3.05) is 34.0 Å². The van der Waals surface area contributed by atoms with Crippen LogP contribution in [0, 0.1) is 11.8 Å². The van der Waals surface area contributed by atoms with E-state index in [1.807, 2.05) is 0 Å². The van der Waals surface area contributed by atoms with Crippen LogP contribution in [-0.2, 0) is 33.0 Å². The van der Waals surface area contributed by atoms with Gasteiger partial charge in [0.05, 0.1) is 52.9 Å². The molecule has 4 N–H and O–H groups in total. The van der Waals surface area contributed by atoms with Crippen molar-refractivity contribution in [1.82, 2.24) is 0 Å². The molecule has 2 aromatic rings. The van der Waals surface area contributed by atoms with Gasteiger partial charge in [0.15, 0.2) is 35.6 Å². The molecule has 250 valence electrons. The third kappa shape index (κ3) is 5.37. The number of carbonyl (C=O) groups excluding carboxylic acids is 1. The maximum Gasteiger partial charge on any atom is 0.525 e. The Labute approximate surface area is 277 Å². The first-order chi connectivity index (χ1) is 26.1. The van der Waals surface area contributed by atoms with E-state index in [-0.39, 0.29) is 29.4 Å². The molecule has 0 aromatic heterocycles. The van der Waals surface area contributed by atoms with Crippen molar-refractivity contribution in [2.45, 2.75) is 55.9 Å². The zero-order chi connectivity index (χ0) is 42.0. The Bertz CT molecular complexity index is 1960. The van der Waals surface area contributed by atoms with Gasteiger partial charge in [0, 0.05) is 13.2 Å². The van der Waals surface area contributed by atoms with Crippen LogP contribution in [0.1, 0.15) is 50.7 Å². The average molecular weight is 680 g/mol. The molecule has 0 amide bonds. The van der Waals surface area contributed by atoms with E-state index in [1.165, 1.54) is 19.1 Å². The molecule has 0 spiro atoms. The molecule has 7 rings (SSSR count). The highest BCUT2D eigenvalue weighted by Gasteiger charge is 2.56. The summed E-state index contributed by atoms with van der Waals surface area (Å²) in [6, 6.07) is 3.80. The summed E-state index contributed by atoms with van der Waals surface area (Å²) in [4.78, 5) is 33.3. The smallest absolute Gasteiger partial charge is 0.493 e. The van der Waals surface area contributed by atoms with Crippen LogP contribution >= 0.6 is 7.82 Å². The van der Waals surface area contributed by atoms with E-state index in [2.05, 4.69) is 4.52 Å². The van der Waals surface area contributed by atoms with Gasteiger partial charge in [-0.25, -0.2) is 4.57 Å². The quantitative estimate of drug-likeness (QED) is 0.239. The van der Waals surface area contributed by atoms with Crippen LogP contribution in [0.4, 0.5) is 0 Å². The summed E-state index contributed by atoms with van der Waals surface area (Å²) in [6.07, 6.45) is -12.1. The number of hydrogen-bond donors (Lipinski definition) is 4. The van der Waals surface area contributed by atoms with Crippen LogP contribution in [0.25, 0.3) is 0 Å². The number of cyclic esters (lactones) is 1. The SMILES string of the molecule is [2H]C([2H])([2H])Oc1cc([C@]2([2H])c3cc4c(cc3[C@@H](O[C@@H]3O[C@H]5[C@@H](O[C@H](C)OC5([2H])[2H])[C@H](O)[C@H]3O)[C@@H]3[C@@H]2C(=O)OC3([2H])[2H])OCO4)cc(OC([2H])([2H])[2H])c1OP(=O)(O)O. The molecule has 5 aliphatic rings. The van der Waals surface area contributed by atoms with Gasteiger partial charge >= 0.3 is 13.8 Å². The van der Waals surface area contributed by atoms with Crippen LogP contribution in [-0.4, -0.2) is 97.0 Å². The van der Waals surface area contributed by atoms with Crippen molar-refractivity contribution in [3.05, 3.63) is 41.0 Å². The number of carbonyl (C=O) groups is 1. The number of ether oxygens (including phenoxy) is 9. The van der Waals surface area contributed by atoms with E-state index in [0.29, 0.717) is 12.1 Å². The van der Waals surface area contributed by atoms with Gasteiger partial charge in [-0.05, 0) is 47.9 Å². The molecule has 0 saturated carbocycles. The van der Waals surface area contributed by atoms with Crippen molar-refractivity contribution >= 4 is 13.8 Å². The largest absolute Gasteiger partial charge is 0.525 e. The number of methoxy groups -OCH3 is 2. The predicted octanol–water partition coefficient (Wildman–Crippen LogP) is 1.10. The number of rotatable bonds is 7. The summed E-state index contributed by atoms with van der Waals surface area (Å²) in [5, 5.41) is 22.3. The summed E-state index contributed by atoms with van der Waals surface area (Å²) in [5.41, 5.74) is -1.08. The van der Waals surface area contributed by atoms with Gasteiger partial charge < -0.3 is 57.4 Å². The number of fused-ring (bicyclic) bond motifs is 4. The van der Waals surface area contributed by atoms with Gasteiger partial charge in [-0.3, -0.25) is 14.6 Å². The third-order valence-corrected chi connectivity index (χ3v) is 8.39. The summed E-state index contributed by atoms with van der Waals surface area (Å²) < 4.78 is 156. The molecule has 0 unspecified atom stereocenters. The lowest BCUT2D eigenvalue weighted by atomic mass is 9.66. The number of hydrogen-bond acceptors (Lipinski definition) is 14. The lowest BCUT2D eigenvalue weighted by Gasteiger charge is -2.47. The lowest BCUT2D eigenvalue weighted by Crippen LogP contribution is -2.63. The second-order valence-corrected chi connectivity index (χ2v) is 11.9. The summed E-state index contributed by atoms with van der Waals surface area (Å²) in [7, 11) is -12.5. The molecule has 46 heavy (non-hydrogen) atoms. The van der Waals surface area contributed by atoms with Crippen LogP contribution in [0.2, 0.25) is 0 Å². The minimum absolute atomic E-state index is 0.00167. The molecule has 10 atom stereocenters. The van der Waals surface area contributed by atoms with Crippen LogP contribution in [0.15, 0.2) is 24.3 Å². The Kier molecular flexibility index (Phi) is 5.37. The van der Waals surface area contributed by atoms with E-state index >= 15 is 0 Å². The molecule has 0 radical (unpaired) electrons. The van der Waals surface area contributed by atoms with Crippen LogP contribution in [0.3, 0.4) is 0 Å². The van der Waals surface area contributed by atoms with Gasteiger partial charge in [-0.1, -0.05) is 0 Å². The fourth-order valence-corrected chi connectivity index (χ4v) is 6.48. The molecule has 3 fully saturated rings. The number of aliphatic hydroxyl groups is 2. The topological polar surface area (TPSA) is 207 Å². The maximum atomic E-state index is 13.9. The first-order valence-corrected chi connectivity index (χ1v) is 15.1. The number of esters is 1. The first kappa shape index (κ1) is 20.9. The fraction of sp³-hybridized carbons (Fsp3) is 0.552. The molecule has 0 bridgehead atoms. The van der Waals surface area contributed by atoms with E-state index in [4.69, 9.17) is 56.3 Å². The van der Waals surface area contributed by atoms with Crippen molar-refractivity contribution in [3.8, 4) is 28.7 Å². The second-order valence-electron chi connectivity index (χ2n) is 10.7. The van der Waals surface area contributed by atoms with Crippen LogP contribution in [0.5, 0.6) is 28.7 Å².